The molecule has 1 amide bonds. The van der Waals surface area contributed by atoms with Crippen molar-refractivity contribution in [2.75, 3.05) is 26.2 Å². The molecule has 102 valence electrons. The second-order valence-corrected chi connectivity index (χ2v) is 5.17. The van der Waals surface area contributed by atoms with Crippen LogP contribution in [0, 0.1) is 0 Å². The molecule has 0 radical (unpaired) electrons. The number of nitrogens with two attached hydrogens (primary N) is 1. The van der Waals surface area contributed by atoms with Crippen LogP contribution in [-0.4, -0.2) is 42.5 Å². The summed E-state index contributed by atoms with van der Waals surface area (Å²) in [4.78, 5) is 14.0. The van der Waals surface area contributed by atoms with Gasteiger partial charge in [-0.1, -0.05) is 13.8 Å². The fraction of sp³-hybridized carbons (Fsp3) is 0.923. The number of amides is 1. The fourth-order valence-corrected chi connectivity index (χ4v) is 1.70. The Bertz CT molecular complexity index is 205. The van der Waals surface area contributed by atoms with Crippen LogP contribution in [0.4, 0.5) is 0 Å². The molecule has 0 bridgehead atoms. The smallest absolute Gasteiger partial charge is 0.239 e. The van der Waals surface area contributed by atoms with E-state index in [1.54, 1.807) is 13.8 Å². The van der Waals surface area contributed by atoms with E-state index in [-0.39, 0.29) is 5.91 Å². The van der Waals surface area contributed by atoms with E-state index in [4.69, 9.17) is 5.73 Å². The first-order valence-electron chi connectivity index (χ1n) is 6.71. The van der Waals surface area contributed by atoms with E-state index in [1.807, 2.05) is 0 Å². The van der Waals surface area contributed by atoms with Crippen LogP contribution < -0.4 is 11.1 Å². The largest absolute Gasteiger partial charge is 0.354 e. The second kappa shape index (κ2) is 8.48. The van der Waals surface area contributed by atoms with Crippen molar-refractivity contribution in [1.29, 1.82) is 0 Å². The average molecular weight is 243 g/mol. The summed E-state index contributed by atoms with van der Waals surface area (Å²) < 4.78 is 0. The Balaban J connectivity index is 3.71. The van der Waals surface area contributed by atoms with Crippen molar-refractivity contribution in [3.63, 3.8) is 0 Å². The van der Waals surface area contributed by atoms with Crippen molar-refractivity contribution in [2.24, 2.45) is 5.73 Å². The van der Waals surface area contributed by atoms with Gasteiger partial charge in [-0.15, -0.1) is 0 Å². The first kappa shape index (κ1) is 16.4. The zero-order valence-corrected chi connectivity index (χ0v) is 11.9. The third-order valence-electron chi connectivity index (χ3n) is 2.60. The highest BCUT2D eigenvalue weighted by molar-refractivity contribution is 5.84. The van der Waals surface area contributed by atoms with E-state index < -0.39 is 5.54 Å². The number of hydrogen-bond donors (Lipinski definition) is 2. The highest BCUT2D eigenvalue weighted by Crippen LogP contribution is 1.98. The van der Waals surface area contributed by atoms with Gasteiger partial charge in [0.2, 0.25) is 5.91 Å². The Kier molecular flexibility index (Phi) is 8.17. The molecular weight excluding hydrogens is 214 g/mol. The van der Waals surface area contributed by atoms with E-state index in [1.165, 1.54) is 12.8 Å². The van der Waals surface area contributed by atoms with Crippen molar-refractivity contribution in [2.45, 2.75) is 52.5 Å². The molecule has 0 unspecified atom stereocenters. The van der Waals surface area contributed by atoms with Gasteiger partial charge in [0, 0.05) is 6.54 Å². The Labute approximate surface area is 106 Å². The molecule has 0 aromatic rings. The van der Waals surface area contributed by atoms with E-state index >= 15 is 0 Å². The first-order chi connectivity index (χ1) is 7.91. The molecule has 0 atom stereocenters. The summed E-state index contributed by atoms with van der Waals surface area (Å²) in [7, 11) is 0. The van der Waals surface area contributed by atoms with Crippen LogP contribution in [0.5, 0.6) is 0 Å². The van der Waals surface area contributed by atoms with E-state index in [9.17, 15) is 4.79 Å². The standard InChI is InChI=1S/C13H29N3O/c1-5-9-16(10-6-2)11-7-8-15-12(17)13(3,4)14/h5-11,14H2,1-4H3,(H,15,17). The molecule has 0 aliphatic rings. The van der Waals surface area contributed by atoms with Gasteiger partial charge in [-0.2, -0.15) is 0 Å². The maximum atomic E-state index is 11.5. The molecule has 0 aliphatic carbocycles. The lowest BCUT2D eigenvalue weighted by atomic mass is 10.1. The number of hydrogen-bond acceptors (Lipinski definition) is 3. The van der Waals surface area contributed by atoms with E-state index in [0.717, 1.165) is 26.1 Å². The molecule has 3 N–H and O–H groups in total. The average Bonchev–Trinajstić information content (AvgIpc) is 2.23. The minimum atomic E-state index is -0.771. The Morgan fingerprint density at radius 1 is 1.18 bits per heavy atom. The Morgan fingerprint density at radius 3 is 2.12 bits per heavy atom. The van der Waals surface area contributed by atoms with Crippen LogP contribution in [0.15, 0.2) is 0 Å². The Hall–Kier alpha value is -0.610. The van der Waals surface area contributed by atoms with Crippen LogP contribution in [0.1, 0.15) is 47.0 Å². The molecule has 4 nitrogen and oxygen atoms in total. The minimum Gasteiger partial charge on any atom is -0.354 e. The van der Waals surface area contributed by atoms with Crippen LogP contribution in [0.2, 0.25) is 0 Å². The number of carbonyl (C=O) groups excluding carboxylic acids is 1. The van der Waals surface area contributed by atoms with Gasteiger partial charge in [0.25, 0.3) is 0 Å². The normalized spacial score (nSPS) is 11.9. The van der Waals surface area contributed by atoms with Crippen LogP contribution >= 0.6 is 0 Å². The van der Waals surface area contributed by atoms with Gasteiger partial charge in [-0.3, -0.25) is 4.79 Å². The zero-order chi connectivity index (χ0) is 13.3. The van der Waals surface area contributed by atoms with Gasteiger partial charge in [0.15, 0.2) is 0 Å². The van der Waals surface area contributed by atoms with Crippen LogP contribution in [0.25, 0.3) is 0 Å². The monoisotopic (exact) mass is 243 g/mol. The lowest BCUT2D eigenvalue weighted by Gasteiger charge is -2.22. The molecule has 17 heavy (non-hydrogen) atoms. The van der Waals surface area contributed by atoms with Crippen LogP contribution in [-0.2, 0) is 4.79 Å². The van der Waals surface area contributed by atoms with Crippen molar-refractivity contribution in [3.05, 3.63) is 0 Å². The number of rotatable bonds is 9. The third-order valence-corrected chi connectivity index (χ3v) is 2.60. The molecule has 0 fully saturated rings. The van der Waals surface area contributed by atoms with Gasteiger partial charge in [-0.05, 0) is 52.7 Å². The number of nitrogens with zero attached hydrogens (tertiary/aromatic N) is 1. The summed E-state index contributed by atoms with van der Waals surface area (Å²) in [5.74, 6) is -0.0740. The molecule has 0 spiro atoms. The molecule has 0 aromatic heterocycles. The molecule has 4 heteroatoms. The van der Waals surface area contributed by atoms with E-state index in [2.05, 4.69) is 24.1 Å². The highest BCUT2D eigenvalue weighted by Gasteiger charge is 2.20. The lowest BCUT2D eigenvalue weighted by molar-refractivity contribution is -0.125. The topological polar surface area (TPSA) is 58.4 Å². The maximum absolute atomic E-state index is 11.5. The highest BCUT2D eigenvalue weighted by atomic mass is 16.2. The van der Waals surface area contributed by atoms with Gasteiger partial charge in [-0.25, -0.2) is 0 Å². The number of carbonyl (C=O) groups is 1. The predicted octanol–water partition coefficient (Wildman–Crippen LogP) is 1.35. The summed E-state index contributed by atoms with van der Waals surface area (Å²) in [6.07, 6.45) is 3.35. The molecule has 0 saturated carbocycles. The summed E-state index contributed by atoms with van der Waals surface area (Å²) in [5.41, 5.74) is 4.92. The Morgan fingerprint density at radius 2 is 1.71 bits per heavy atom. The van der Waals surface area contributed by atoms with Crippen molar-refractivity contribution in [3.8, 4) is 0 Å². The summed E-state index contributed by atoms with van der Waals surface area (Å²) in [6.45, 7) is 11.9. The van der Waals surface area contributed by atoms with Gasteiger partial charge < -0.3 is 16.0 Å². The second-order valence-electron chi connectivity index (χ2n) is 5.17. The van der Waals surface area contributed by atoms with Crippen molar-refractivity contribution < 1.29 is 4.79 Å². The molecule has 0 aliphatic heterocycles. The SMILES string of the molecule is CCCN(CCC)CCCNC(=O)C(C)(C)N. The first-order valence-corrected chi connectivity index (χ1v) is 6.71. The van der Waals surface area contributed by atoms with E-state index in [0.29, 0.717) is 6.54 Å². The summed E-state index contributed by atoms with van der Waals surface area (Å²) in [5, 5.41) is 2.87. The minimum absolute atomic E-state index is 0.0740. The van der Waals surface area contributed by atoms with Gasteiger partial charge in [0.05, 0.1) is 5.54 Å². The zero-order valence-electron chi connectivity index (χ0n) is 11.9. The van der Waals surface area contributed by atoms with Crippen LogP contribution in [0.3, 0.4) is 0 Å². The predicted molar refractivity (Wildman–Crippen MR) is 72.9 cm³/mol. The van der Waals surface area contributed by atoms with Crippen molar-refractivity contribution >= 4 is 5.91 Å². The lowest BCUT2D eigenvalue weighted by Crippen LogP contribution is -2.49. The van der Waals surface area contributed by atoms with Crippen molar-refractivity contribution in [1.82, 2.24) is 10.2 Å². The molecule has 0 aromatic carbocycles. The van der Waals surface area contributed by atoms with Gasteiger partial charge in [0.1, 0.15) is 0 Å². The van der Waals surface area contributed by atoms with Gasteiger partial charge >= 0.3 is 0 Å². The third kappa shape index (κ3) is 8.16. The number of nitrogens with one attached hydrogen (secondary N) is 1. The summed E-state index contributed by atoms with van der Waals surface area (Å²) in [6, 6.07) is 0. The fourth-order valence-electron chi connectivity index (χ4n) is 1.70. The quantitative estimate of drug-likeness (QED) is 0.601. The maximum Gasteiger partial charge on any atom is 0.239 e. The summed E-state index contributed by atoms with van der Waals surface area (Å²) >= 11 is 0. The molecule has 0 heterocycles. The molecule has 0 rings (SSSR count). The molecule has 0 saturated heterocycles. The molecular formula is C13H29N3O.